The fraction of sp³-hybridized carbons (Fsp3) is 0.591. The number of hydrogen-bond donors (Lipinski definition) is 1. The zero-order valence-electron chi connectivity index (χ0n) is 15.7. The zero-order valence-corrected chi connectivity index (χ0v) is 15.7. The van der Waals surface area contributed by atoms with Gasteiger partial charge in [0.15, 0.2) is 0 Å². The lowest BCUT2D eigenvalue weighted by Gasteiger charge is -2.56. The molecule has 1 N–H and O–H groups in total. The van der Waals surface area contributed by atoms with E-state index < -0.39 is 0 Å². The fourth-order valence-electron chi connectivity index (χ4n) is 6.07. The van der Waals surface area contributed by atoms with Crippen molar-refractivity contribution < 1.29 is 9.53 Å². The van der Waals surface area contributed by atoms with Gasteiger partial charge in [0.25, 0.3) is 0 Å². The van der Waals surface area contributed by atoms with Gasteiger partial charge in [-0.2, -0.15) is 0 Å². The SMILES string of the molecule is COc1ccc2[nH]cc(C(C)CC(=O)N3C4CC5CC(C4)CC3C5)c2c1. The van der Waals surface area contributed by atoms with Gasteiger partial charge in [-0.25, -0.2) is 0 Å². The number of ether oxygens (including phenoxy) is 1. The van der Waals surface area contributed by atoms with Crippen LogP contribution >= 0.6 is 0 Å². The topological polar surface area (TPSA) is 45.3 Å². The minimum Gasteiger partial charge on any atom is -0.497 e. The van der Waals surface area contributed by atoms with Crippen LogP contribution in [0, 0.1) is 11.8 Å². The molecule has 6 rings (SSSR count). The number of nitrogens with zero attached hydrogens (tertiary/aromatic N) is 1. The van der Waals surface area contributed by atoms with E-state index in [0.29, 0.717) is 24.4 Å². The van der Waals surface area contributed by atoms with Gasteiger partial charge in [0.2, 0.25) is 5.91 Å². The van der Waals surface area contributed by atoms with Crippen LogP contribution in [0.5, 0.6) is 5.75 Å². The van der Waals surface area contributed by atoms with E-state index in [2.05, 4.69) is 29.1 Å². The average molecular weight is 352 g/mol. The smallest absolute Gasteiger partial charge is 0.223 e. The van der Waals surface area contributed by atoms with Gasteiger partial charge in [0.05, 0.1) is 7.11 Å². The van der Waals surface area contributed by atoms with E-state index in [1.54, 1.807) is 7.11 Å². The van der Waals surface area contributed by atoms with Gasteiger partial charge in [0, 0.05) is 35.6 Å². The van der Waals surface area contributed by atoms with Crippen LogP contribution in [0.3, 0.4) is 0 Å². The van der Waals surface area contributed by atoms with E-state index in [-0.39, 0.29) is 5.92 Å². The summed E-state index contributed by atoms with van der Waals surface area (Å²) in [7, 11) is 1.69. The van der Waals surface area contributed by atoms with Gasteiger partial charge >= 0.3 is 0 Å². The number of aromatic nitrogens is 1. The van der Waals surface area contributed by atoms with Crippen molar-refractivity contribution in [3.8, 4) is 5.75 Å². The Morgan fingerprint density at radius 3 is 2.54 bits per heavy atom. The summed E-state index contributed by atoms with van der Waals surface area (Å²) in [4.78, 5) is 18.8. The van der Waals surface area contributed by atoms with E-state index in [1.807, 2.05) is 12.1 Å². The number of carbonyl (C=O) groups is 1. The lowest BCUT2D eigenvalue weighted by atomic mass is 9.63. The lowest BCUT2D eigenvalue weighted by molar-refractivity contribution is -0.149. The summed E-state index contributed by atoms with van der Waals surface area (Å²) in [5, 5.41) is 1.17. The molecule has 4 aliphatic rings. The first-order chi connectivity index (χ1) is 12.6. The van der Waals surface area contributed by atoms with Gasteiger partial charge in [0.1, 0.15) is 5.75 Å². The second-order valence-electron chi connectivity index (χ2n) is 8.78. The van der Waals surface area contributed by atoms with E-state index in [1.165, 1.54) is 43.1 Å². The summed E-state index contributed by atoms with van der Waals surface area (Å²) in [5.41, 5.74) is 2.33. The molecule has 1 amide bonds. The van der Waals surface area contributed by atoms with Crippen molar-refractivity contribution in [1.29, 1.82) is 0 Å². The summed E-state index contributed by atoms with van der Waals surface area (Å²) in [6.45, 7) is 2.18. The fourth-order valence-corrected chi connectivity index (χ4v) is 6.07. The number of piperidine rings is 2. The Kier molecular flexibility index (Phi) is 3.77. The van der Waals surface area contributed by atoms with Crippen molar-refractivity contribution in [1.82, 2.24) is 9.88 Å². The molecule has 2 saturated heterocycles. The molecule has 3 heterocycles. The molecule has 2 aromatic rings. The standard InChI is InChI=1S/C22H28N2O2/c1-13(20-12-23-21-4-3-18(26-2)11-19(20)21)5-22(25)24-16-7-14-6-15(9-16)10-17(24)8-14/h3-4,11-17,23H,5-10H2,1-2H3. The molecule has 0 radical (unpaired) electrons. The molecule has 4 nitrogen and oxygen atoms in total. The van der Waals surface area contributed by atoms with Crippen molar-refractivity contribution >= 4 is 16.8 Å². The quantitative estimate of drug-likeness (QED) is 0.883. The number of rotatable bonds is 4. The summed E-state index contributed by atoms with van der Waals surface area (Å²) in [6, 6.07) is 7.14. The third kappa shape index (κ3) is 2.53. The number of benzene rings is 1. The minimum atomic E-state index is 0.209. The number of H-pyrrole nitrogens is 1. The van der Waals surface area contributed by atoms with Crippen LogP contribution in [0.15, 0.2) is 24.4 Å². The largest absolute Gasteiger partial charge is 0.497 e. The second-order valence-corrected chi connectivity index (χ2v) is 8.78. The lowest BCUT2D eigenvalue weighted by Crippen LogP contribution is -2.59. The Hall–Kier alpha value is -1.97. The molecule has 1 atom stereocenters. The van der Waals surface area contributed by atoms with Crippen molar-refractivity contribution in [2.75, 3.05) is 7.11 Å². The van der Waals surface area contributed by atoms with Gasteiger partial charge in [-0.1, -0.05) is 6.92 Å². The number of hydrogen-bond acceptors (Lipinski definition) is 2. The van der Waals surface area contributed by atoms with Crippen LogP contribution in [-0.2, 0) is 4.79 Å². The number of fused-ring (bicyclic) bond motifs is 1. The molecular weight excluding hydrogens is 324 g/mol. The number of methoxy groups -OCH3 is 1. The molecular formula is C22H28N2O2. The molecule has 26 heavy (non-hydrogen) atoms. The van der Waals surface area contributed by atoms with E-state index >= 15 is 0 Å². The van der Waals surface area contributed by atoms with Crippen molar-refractivity contribution in [2.45, 2.75) is 63.5 Å². The second kappa shape index (κ2) is 6.04. The van der Waals surface area contributed by atoms with Gasteiger partial charge in [-0.15, -0.1) is 0 Å². The molecule has 1 aromatic carbocycles. The Balaban J connectivity index is 1.35. The molecule has 4 fully saturated rings. The highest BCUT2D eigenvalue weighted by Gasteiger charge is 2.48. The third-order valence-electron chi connectivity index (χ3n) is 7.10. The predicted octanol–water partition coefficient (Wildman–Crippen LogP) is 4.46. The highest BCUT2D eigenvalue weighted by atomic mass is 16.5. The molecule has 1 unspecified atom stereocenters. The Bertz CT molecular complexity index is 812. The molecule has 2 saturated carbocycles. The predicted molar refractivity (Wildman–Crippen MR) is 102 cm³/mol. The third-order valence-corrected chi connectivity index (χ3v) is 7.10. The summed E-state index contributed by atoms with van der Waals surface area (Å²) in [6.07, 6.45) is 9.08. The first kappa shape index (κ1) is 16.2. The number of amides is 1. The van der Waals surface area contributed by atoms with Crippen molar-refractivity contribution in [3.05, 3.63) is 30.0 Å². The van der Waals surface area contributed by atoms with Crippen LogP contribution in [0.25, 0.3) is 10.9 Å². The summed E-state index contributed by atoms with van der Waals surface area (Å²) < 4.78 is 5.38. The van der Waals surface area contributed by atoms with E-state index in [4.69, 9.17) is 4.74 Å². The number of aromatic amines is 1. The van der Waals surface area contributed by atoms with Crippen molar-refractivity contribution in [2.24, 2.45) is 11.8 Å². The maximum atomic E-state index is 13.2. The highest BCUT2D eigenvalue weighted by Crippen LogP contribution is 2.49. The number of nitrogens with one attached hydrogen (secondary N) is 1. The van der Waals surface area contributed by atoms with Gasteiger partial charge in [-0.05, 0) is 73.6 Å². The normalized spacial score (nSPS) is 30.8. The van der Waals surface area contributed by atoms with Crippen LogP contribution in [0.2, 0.25) is 0 Å². The maximum Gasteiger partial charge on any atom is 0.223 e. The van der Waals surface area contributed by atoms with Crippen molar-refractivity contribution in [3.63, 3.8) is 0 Å². The Morgan fingerprint density at radius 1 is 1.19 bits per heavy atom. The summed E-state index contributed by atoms with van der Waals surface area (Å²) >= 11 is 0. The average Bonchev–Trinajstić information content (AvgIpc) is 3.03. The monoisotopic (exact) mass is 352 g/mol. The van der Waals surface area contributed by atoms with Crippen LogP contribution in [-0.4, -0.2) is 35.0 Å². The number of carbonyl (C=O) groups excluding carboxylic acids is 1. The van der Waals surface area contributed by atoms with Gasteiger partial charge in [-0.3, -0.25) is 4.79 Å². The summed E-state index contributed by atoms with van der Waals surface area (Å²) in [5.74, 6) is 3.21. The zero-order chi connectivity index (χ0) is 17.8. The molecule has 138 valence electrons. The molecule has 2 aliphatic heterocycles. The maximum absolute atomic E-state index is 13.2. The first-order valence-corrected chi connectivity index (χ1v) is 10.1. The molecule has 0 spiro atoms. The van der Waals surface area contributed by atoms with Crippen LogP contribution < -0.4 is 4.74 Å². The molecule has 1 aromatic heterocycles. The molecule has 4 heteroatoms. The van der Waals surface area contributed by atoms with E-state index in [0.717, 1.165) is 23.1 Å². The van der Waals surface area contributed by atoms with Crippen LogP contribution in [0.4, 0.5) is 0 Å². The molecule has 4 bridgehead atoms. The Labute approximate surface area is 154 Å². The minimum absolute atomic E-state index is 0.209. The Morgan fingerprint density at radius 2 is 1.88 bits per heavy atom. The van der Waals surface area contributed by atoms with E-state index in [9.17, 15) is 4.79 Å². The van der Waals surface area contributed by atoms with Crippen LogP contribution in [0.1, 0.15) is 56.9 Å². The first-order valence-electron chi connectivity index (χ1n) is 10.1. The molecule has 2 aliphatic carbocycles. The highest BCUT2D eigenvalue weighted by molar-refractivity contribution is 5.86. The van der Waals surface area contributed by atoms with Gasteiger partial charge < -0.3 is 14.6 Å².